The number of halogens is 4. The van der Waals surface area contributed by atoms with Crippen molar-refractivity contribution < 1.29 is 18.0 Å². The van der Waals surface area contributed by atoms with Crippen LogP contribution in [0.4, 0.5) is 13.2 Å². The number of nitrogens with zero attached hydrogens (tertiary/aromatic N) is 3. The van der Waals surface area contributed by atoms with Crippen LogP contribution in [0.5, 0.6) is 0 Å². The van der Waals surface area contributed by atoms with Crippen LogP contribution in [0.3, 0.4) is 0 Å². The number of hydrogen-bond donors (Lipinski definition) is 1. The maximum atomic E-state index is 13.2. The normalized spacial score (nSPS) is 14.7. The smallest absolute Gasteiger partial charge is 0.335 e. The first-order valence-electron chi connectivity index (χ1n) is 9.36. The largest absolute Gasteiger partial charge is 0.416 e. The van der Waals surface area contributed by atoms with E-state index in [9.17, 15) is 18.0 Å². The third-order valence-electron chi connectivity index (χ3n) is 4.87. The van der Waals surface area contributed by atoms with Gasteiger partial charge in [-0.2, -0.15) is 18.3 Å². The van der Waals surface area contributed by atoms with Crippen LogP contribution in [0.15, 0.2) is 54.6 Å². The lowest BCUT2D eigenvalue weighted by atomic mass is 10.1. The van der Waals surface area contributed by atoms with E-state index in [4.69, 9.17) is 11.6 Å². The minimum absolute atomic E-state index is 0.171. The molecule has 0 unspecified atom stereocenters. The van der Waals surface area contributed by atoms with Crippen LogP contribution in [-0.4, -0.2) is 46.8 Å². The van der Waals surface area contributed by atoms with E-state index in [1.165, 1.54) is 16.8 Å². The van der Waals surface area contributed by atoms with Gasteiger partial charge in [0.15, 0.2) is 5.69 Å². The van der Waals surface area contributed by atoms with Gasteiger partial charge in [0, 0.05) is 36.8 Å². The highest BCUT2D eigenvalue weighted by Gasteiger charge is 2.31. The van der Waals surface area contributed by atoms with Gasteiger partial charge in [0.1, 0.15) is 0 Å². The van der Waals surface area contributed by atoms with E-state index in [1.807, 2.05) is 0 Å². The first-order chi connectivity index (χ1) is 14.3. The van der Waals surface area contributed by atoms with Crippen molar-refractivity contribution in [3.8, 4) is 16.9 Å². The number of piperazine rings is 1. The number of nitrogens with one attached hydrogen (secondary N) is 1. The van der Waals surface area contributed by atoms with E-state index in [-0.39, 0.29) is 11.6 Å². The third-order valence-corrected chi connectivity index (χ3v) is 5.11. The second-order valence-electron chi connectivity index (χ2n) is 6.93. The molecule has 0 saturated carbocycles. The number of alkyl halides is 3. The third kappa shape index (κ3) is 4.20. The summed E-state index contributed by atoms with van der Waals surface area (Å²) in [6.45, 7) is 2.45. The molecule has 1 aliphatic heterocycles. The molecule has 1 saturated heterocycles. The predicted molar refractivity (Wildman–Crippen MR) is 108 cm³/mol. The van der Waals surface area contributed by atoms with Crippen LogP contribution in [0.25, 0.3) is 16.9 Å². The molecule has 30 heavy (non-hydrogen) atoms. The zero-order valence-electron chi connectivity index (χ0n) is 15.8. The molecule has 2 aromatic carbocycles. The monoisotopic (exact) mass is 434 g/mol. The molecule has 3 aromatic rings. The van der Waals surface area contributed by atoms with Crippen molar-refractivity contribution >= 4 is 17.5 Å². The van der Waals surface area contributed by atoms with Crippen LogP contribution in [0.2, 0.25) is 5.02 Å². The lowest BCUT2D eigenvalue weighted by Gasteiger charge is -2.26. The molecule has 156 valence electrons. The predicted octanol–water partition coefficient (Wildman–Crippen LogP) is 4.26. The highest BCUT2D eigenvalue weighted by atomic mass is 35.5. The number of benzene rings is 2. The van der Waals surface area contributed by atoms with Crippen LogP contribution < -0.4 is 5.32 Å². The lowest BCUT2D eigenvalue weighted by molar-refractivity contribution is -0.137. The number of carbonyl (C=O) groups excluding carboxylic acids is 1. The minimum Gasteiger partial charge on any atom is -0.335 e. The Labute approximate surface area is 176 Å². The van der Waals surface area contributed by atoms with Gasteiger partial charge in [0.25, 0.3) is 5.91 Å². The first kappa shape index (κ1) is 20.4. The summed E-state index contributed by atoms with van der Waals surface area (Å²) >= 11 is 6.10. The Morgan fingerprint density at radius 3 is 2.47 bits per heavy atom. The molecule has 0 radical (unpaired) electrons. The summed E-state index contributed by atoms with van der Waals surface area (Å²) in [6.07, 6.45) is -4.48. The highest BCUT2D eigenvalue weighted by Crippen LogP contribution is 2.33. The Bertz CT molecular complexity index is 1070. The van der Waals surface area contributed by atoms with Crippen molar-refractivity contribution in [3.63, 3.8) is 0 Å². The molecule has 1 aromatic heterocycles. The molecule has 1 fully saturated rings. The van der Waals surface area contributed by atoms with Gasteiger partial charge in [-0.3, -0.25) is 4.79 Å². The molecule has 1 amide bonds. The van der Waals surface area contributed by atoms with Crippen LogP contribution in [0.1, 0.15) is 16.1 Å². The summed E-state index contributed by atoms with van der Waals surface area (Å²) in [7, 11) is 0. The molecule has 0 aliphatic carbocycles. The molecule has 1 aliphatic rings. The van der Waals surface area contributed by atoms with E-state index in [0.29, 0.717) is 48.1 Å². The summed E-state index contributed by atoms with van der Waals surface area (Å²) < 4.78 is 41.1. The van der Waals surface area contributed by atoms with Gasteiger partial charge in [-0.05, 0) is 36.4 Å². The standard InChI is InChI=1S/C21H18ClF3N4O/c22-16-5-2-6-17(12-16)29-19(14-3-1-4-15(11-14)21(23,24)25)13-18(27-29)20(30)28-9-7-26-8-10-28/h1-6,11-13,26H,7-10H2. The number of amides is 1. The molecule has 0 bridgehead atoms. The van der Waals surface area contributed by atoms with Crippen molar-refractivity contribution in [3.05, 3.63) is 70.9 Å². The van der Waals surface area contributed by atoms with E-state index >= 15 is 0 Å². The summed E-state index contributed by atoms with van der Waals surface area (Å²) in [5, 5.41) is 8.06. The number of carbonyl (C=O) groups is 1. The first-order valence-corrected chi connectivity index (χ1v) is 9.74. The Morgan fingerprint density at radius 2 is 1.77 bits per heavy atom. The number of hydrogen-bond acceptors (Lipinski definition) is 3. The van der Waals surface area contributed by atoms with Gasteiger partial charge in [0.05, 0.1) is 16.9 Å². The summed E-state index contributed by atoms with van der Waals surface area (Å²) in [5.74, 6) is -0.259. The molecule has 5 nitrogen and oxygen atoms in total. The Balaban J connectivity index is 1.82. The van der Waals surface area contributed by atoms with Gasteiger partial charge in [-0.1, -0.05) is 29.8 Å². The fraction of sp³-hybridized carbons (Fsp3) is 0.238. The summed E-state index contributed by atoms with van der Waals surface area (Å²) in [6, 6.07) is 13.3. The summed E-state index contributed by atoms with van der Waals surface area (Å²) in [4.78, 5) is 14.6. The van der Waals surface area contributed by atoms with Crippen molar-refractivity contribution in [2.24, 2.45) is 0 Å². The van der Waals surface area contributed by atoms with E-state index < -0.39 is 11.7 Å². The van der Waals surface area contributed by atoms with Crippen LogP contribution in [-0.2, 0) is 6.18 Å². The fourth-order valence-electron chi connectivity index (χ4n) is 3.38. The topological polar surface area (TPSA) is 50.2 Å². The maximum absolute atomic E-state index is 13.2. The average Bonchev–Trinajstić information content (AvgIpc) is 3.19. The van der Waals surface area contributed by atoms with Crippen molar-refractivity contribution in [1.29, 1.82) is 0 Å². The lowest BCUT2D eigenvalue weighted by Crippen LogP contribution is -2.46. The zero-order valence-corrected chi connectivity index (χ0v) is 16.5. The summed E-state index contributed by atoms with van der Waals surface area (Å²) in [5.41, 5.74) is 0.630. The highest BCUT2D eigenvalue weighted by molar-refractivity contribution is 6.30. The second kappa shape index (κ2) is 8.12. The number of aromatic nitrogens is 2. The van der Waals surface area contributed by atoms with Crippen LogP contribution >= 0.6 is 11.6 Å². The molecule has 1 N–H and O–H groups in total. The van der Waals surface area contributed by atoms with Gasteiger partial charge in [-0.25, -0.2) is 4.68 Å². The molecule has 9 heteroatoms. The molecular weight excluding hydrogens is 417 g/mol. The van der Waals surface area contributed by atoms with Crippen molar-refractivity contribution in [2.45, 2.75) is 6.18 Å². The van der Waals surface area contributed by atoms with Crippen molar-refractivity contribution in [2.75, 3.05) is 26.2 Å². The molecule has 0 spiro atoms. The van der Waals surface area contributed by atoms with Gasteiger partial charge in [-0.15, -0.1) is 0 Å². The Kier molecular flexibility index (Phi) is 5.53. The average molecular weight is 435 g/mol. The van der Waals surface area contributed by atoms with Gasteiger partial charge < -0.3 is 10.2 Å². The number of rotatable bonds is 3. The van der Waals surface area contributed by atoms with E-state index in [0.717, 1.165) is 12.1 Å². The molecule has 4 rings (SSSR count). The van der Waals surface area contributed by atoms with Crippen LogP contribution in [0, 0.1) is 0 Å². The zero-order chi connectivity index (χ0) is 21.3. The minimum atomic E-state index is -4.48. The van der Waals surface area contributed by atoms with Crippen molar-refractivity contribution in [1.82, 2.24) is 20.0 Å². The molecule has 2 heterocycles. The second-order valence-corrected chi connectivity index (χ2v) is 7.36. The quantitative estimate of drug-likeness (QED) is 0.670. The molecular formula is C21H18ClF3N4O. The van der Waals surface area contributed by atoms with Gasteiger partial charge in [0.2, 0.25) is 0 Å². The van der Waals surface area contributed by atoms with E-state index in [2.05, 4.69) is 10.4 Å². The maximum Gasteiger partial charge on any atom is 0.416 e. The van der Waals surface area contributed by atoms with E-state index in [1.54, 1.807) is 35.2 Å². The fourth-order valence-corrected chi connectivity index (χ4v) is 3.57. The Morgan fingerprint density at radius 1 is 1.03 bits per heavy atom. The SMILES string of the molecule is O=C(c1cc(-c2cccc(C(F)(F)F)c2)n(-c2cccc(Cl)c2)n1)N1CCNCC1. The Hall–Kier alpha value is -2.84. The van der Waals surface area contributed by atoms with Gasteiger partial charge >= 0.3 is 6.18 Å². The molecule has 0 atom stereocenters.